The number of rotatable bonds is 3. The molecule has 3 saturated carbocycles. The molecule has 4 aliphatic rings. The van der Waals surface area contributed by atoms with E-state index in [2.05, 4.69) is 13.0 Å². The van der Waals surface area contributed by atoms with Gasteiger partial charge in [-0.2, -0.15) is 0 Å². The zero-order chi connectivity index (χ0) is 17.8. The van der Waals surface area contributed by atoms with E-state index in [1.165, 1.54) is 25.7 Å². The van der Waals surface area contributed by atoms with Gasteiger partial charge in [0.05, 0.1) is 12.2 Å². The predicted octanol–water partition coefficient (Wildman–Crippen LogP) is 4.14. The van der Waals surface area contributed by atoms with Gasteiger partial charge in [0, 0.05) is 7.11 Å². The van der Waals surface area contributed by atoms with Gasteiger partial charge >= 0.3 is 0 Å². The lowest BCUT2D eigenvalue weighted by atomic mass is 9.49. The van der Waals surface area contributed by atoms with Crippen molar-refractivity contribution in [2.24, 2.45) is 35.0 Å². The number of hydrogen-bond donors (Lipinski definition) is 1. The van der Waals surface area contributed by atoms with Crippen molar-refractivity contribution >= 4 is 5.78 Å². The van der Waals surface area contributed by atoms with E-state index in [4.69, 9.17) is 4.74 Å². The highest BCUT2D eigenvalue weighted by atomic mass is 16.5. The summed E-state index contributed by atoms with van der Waals surface area (Å²) < 4.78 is 5.29. The molecular formula is C22H34O3. The first-order chi connectivity index (χ1) is 11.9. The van der Waals surface area contributed by atoms with Crippen molar-refractivity contribution in [1.82, 2.24) is 0 Å². The number of ketones is 1. The van der Waals surface area contributed by atoms with Gasteiger partial charge in [-0.3, -0.25) is 4.79 Å². The number of aliphatic hydroxyl groups is 1. The number of Topliss-reactive ketones (excluding diaryl/α,β-unsaturated/α-hetero) is 1. The fourth-order valence-corrected chi connectivity index (χ4v) is 7.48. The van der Waals surface area contributed by atoms with E-state index in [-0.39, 0.29) is 5.41 Å². The van der Waals surface area contributed by atoms with Crippen molar-refractivity contribution < 1.29 is 14.6 Å². The minimum absolute atomic E-state index is 0.130. The molecule has 7 atom stereocenters. The Morgan fingerprint density at radius 2 is 1.96 bits per heavy atom. The third kappa shape index (κ3) is 2.73. The Labute approximate surface area is 152 Å². The highest BCUT2D eigenvalue weighted by Crippen LogP contribution is 2.63. The van der Waals surface area contributed by atoms with Crippen LogP contribution in [0.5, 0.6) is 0 Å². The van der Waals surface area contributed by atoms with Gasteiger partial charge in [0.1, 0.15) is 0 Å². The van der Waals surface area contributed by atoms with Gasteiger partial charge in [-0.25, -0.2) is 0 Å². The molecule has 3 heteroatoms. The van der Waals surface area contributed by atoms with Crippen LogP contribution in [0.15, 0.2) is 11.6 Å². The molecule has 25 heavy (non-hydrogen) atoms. The van der Waals surface area contributed by atoms with Gasteiger partial charge in [-0.15, -0.1) is 0 Å². The highest BCUT2D eigenvalue weighted by Gasteiger charge is 2.56. The molecular weight excluding hydrogens is 312 g/mol. The first-order valence-corrected chi connectivity index (χ1v) is 10.3. The number of carbonyl (C=O) groups excluding carboxylic acids is 1. The summed E-state index contributed by atoms with van der Waals surface area (Å²) in [6, 6.07) is 0. The standard InChI is InChI=1S/C22H34O3/c1-14(23)19-6-7-20-18-5-4-15-12-22(24,13-25-3)11-9-16(15)17(18)8-10-21(19,20)2/h6,15-18,20,24H,4-5,7-13H2,1-3H3/t15-,16-,17+,18?,20-,21+,22+/m0/s1. The van der Waals surface area contributed by atoms with Crippen LogP contribution in [0.2, 0.25) is 0 Å². The molecule has 1 unspecified atom stereocenters. The smallest absolute Gasteiger partial charge is 0.156 e. The average Bonchev–Trinajstić information content (AvgIpc) is 2.91. The topological polar surface area (TPSA) is 46.5 Å². The van der Waals surface area contributed by atoms with Gasteiger partial charge in [0.2, 0.25) is 0 Å². The van der Waals surface area contributed by atoms with E-state index in [0.29, 0.717) is 24.2 Å². The summed E-state index contributed by atoms with van der Waals surface area (Å²) in [6.07, 6.45) is 11.3. The average molecular weight is 347 g/mol. The second kappa shape index (κ2) is 6.20. The van der Waals surface area contributed by atoms with E-state index in [9.17, 15) is 9.90 Å². The Kier molecular flexibility index (Phi) is 4.39. The first kappa shape index (κ1) is 17.7. The molecule has 140 valence electrons. The summed E-state index contributed by atoms with van der Waals surface area (Å²) in [5, 5.41) is 10.8. The predicted molar refractivity (Wildman–Crippen MR) is 98.1 cm³/mol. The lowest BCUT2D eigenvalue weighted by Gasteiger charge is -2.56. The first-order valence-electron chi connectivity index (χ1n) is 10.3. The molecule has 0 amide bonds. The van der Waals surface area contributed by atoms with Crippen LogP contribution in [0.25, 0.3) is 0 Å². The summed E-state index contributed by atoms with van der Waals surface area (Å²) in [7, 11) is 1.70. The molecule has 0 aromatic rings. The fourth-order valence-electron chi connectivity index (χ4n) is 7.48. The van der Waals surface area contributed by atoms with Crippen LogP contribution in [0, 0.1) is 35.0 Å². The molecule has 1 N–H and O–H groups in total. The van der Waals surface area contributed by atoms with Crippen molar-refractivity contribution in [3.8, 4) is 0 Å². The maximum absolute atomic E-state index is 12.1. The minimum atomic E-state index is -0.595. The maximum Gasteiger partial charge on any atom is 0.156 e. The second-order valence-electron chi connectivity index (χ2n) is 9.70. The summed E-state index contributed by atoms with van der Waals surface area (Å²) in [6.45, 7) is 4.59. The Hall–Kier alpha value is -0.670. The molecule has 4 aliphatic carbocycles. The molecule has 0 saturated heterocycles. The number of hydrogen-bond acceptors (Lipinski definition) is 3. The Morgan fingerprint density at radius 3 is 2.68 bits per heavy atom. The van der Waals surface area contributed by atoms with Crippen molar-refractivity contribution in [2.45, 2.75) is 70.8 Å². The van der Waals surface area contributed by atoms with E-state index in [0.717, 1.165) is 49.0 Å². The lowest BCUT2D eigenvalue weighted by molar-refractivity contribution is -0.124. The van der Waals surface area contributed by atoms with Crippen molar-refractivity contribution in [3.63, 3.8) is 0 Å². The van der Waals surface area contributed by atoms with Crippen LogP contribution in [-0.2, 0) is 9.53 Å². The number of allylic oxidation sites excluding steroid dienone is 2. The Balaban J connectivity index is 1.51. The molecule has 0 spiro atoms. The van der Waals surface area contributed by atoms with Gasteiger partial charge in [0.15, 0.2) is 5.78 Å². The third-order valence-corrected chi connectivity index (χ3v) is 8.48. The molecule has 0 aromatic carbocycles. The molecule has 4 rings (SSSR count). The lowest BCUT2D eigenvalue weighted by Crippen LogP contribution is -2.51. The zero-order valence-corrected chi connectivity index (χ0v) is 16.1. The van der Waals surface area contributed by atoms with Crippen molar-refractivity contribution in [3.05, 3.63) is 11.6 Å². The highest BCUT2D eigenvalue weighted by molar-refractivity contribution is 5.95. The van der Waals surface area contributed by atoms with Crippen molar-refractivity contribution in [2.75, 3.05) is 13.7 Å². The van der Waals surface area contributed by atoms with E-state index < -0.39 is 5.60 Å². The van der Waals surface area contributed by atoms with Gasteiger partial charge in [0.25, 0.3) is 0 Å². The molecule has 0 bridgehead atoms. The quantitative estimate of drug-likeness (QED) is 0.835. The van der Waals surface area contributed by atoms with Gasteiger partial charge in [-0.05, 0) is 98.9 Å². The van der Waals surface area contributed by atoms with E-state index in [1.54, 1.807) is 14.0 Å². The molecule has 0 aliphatic heterocycles. The Bertz CT molecular complexity index is 582. The van der Waals surface area contributed by atoms with Crippen molar-refractivity contribution in [1.29, 1.82) is 0 Å². The zero-order valence-electron chi connectivity index (χ0n) is 16.1. The van der Waals surface area contributed by atoms with Crippen LogP contribution in [0.3, 0.4) is 0 Å². The number of carbonyl (C=O) groups is 1. The molecule has 3 fully saturated rings. The summed E-state index contributed by atoms with van der Waals surface area (Å²) in [5.41, 5.74) is 0.657. The van der Waals surface area contributed by atoms with Crippen LogP contribution < -0.4 is 0 Å². The summed E-state index contributed by atoms with van der Waals surface area (Å²) in [4.78, 5) is 12.1. The summed E-state index contributed by atoms with van der Waals surface area (Å²) in [5.74, 6) is 4.00. The summed E-state index contributed by atoms with van der Waals surface area (Å²) >= 11 is 0. The minimum Gasteiger partial charge on any atom is -0.387 e. The SMILES string of the molecule is COC[C@@]1(O)CC[C@H]2[C@@H](CCC3[C@@H]2CC[C@]2(C)C(C(C)=O)=CC[C@@H]32)C1. The normalized spacial score (nSPS) is 49.0. The monoisotopic (exact) mass is 346 g/mol. The number of methoxy groups -OCH3 is 1. The van der Waals surface area contributed by atoms with Gasteiger partial charge < -0.3 is 9.84 Å². The second-order valence-corrected chi connectivity index (χ2v) is 9.70. The number of ether oxygens (including phenoxy) is 1. The Morgan fingerprint density at radius 1 is 1.20 bits per heavy atom. The van der Waals surface area contributed by atoms with E-state index in [1.807, 2.05) is 0 Å². The molecule has 0 radical (unpaired) electrons. The fraction of sp³-hybridized carbons (Fsp3) is 0.864. The van der Waals surface area contributed by atoms with Crippen LogP contribution in [-0.4, -0.2) is 30.2 Å². The molecule has 0 heterocycles. The van der Waals surface area contributed by atoms with Crippen LogP contribution in [0.4, 0.5) is 0 Å². The van der Waals surface area contributed by atoms with Gasteiger partial charge in [-0.1, -0.05) is 13.0 Å². The third-order valence-electron chi connectivity index (χ3n) is 8.48. The number of fused-ring (bicyclic) bond motifs is 5. The molecule has 3 nitrogen and oxygen atoms in total. The molecule has 0 aromatic heterocycles. The van der Waals surface area contributed by atoms with Crippen LogP contribution in [0.1, 0.15) is 65.2 Å². The maximum atomic E-state index is 12.1. The van der Waals surface area contributed by atoms with E-state index >= 15 is 0 Å². The van der Waals surface area contributed by atoms with Crippen LogP contribution >= 0.6 is 0 Å². The largest absolute Gasteiger partial charge is 0.387 e.